The van der Waals surface area contributed by atoms with Gasteiger partial charge in [-0.1, -0.05) is 41.6 Å². The minimum Gasteiger partial charge on any atom is -0.351 e. The molecule has 6 nitrogen and oxygen atoms in total. The van der Waals surface area contributed by atoms with Crippen molar-refractivity contribution < 1.29 is 4.79 Å². The van der Waals surface area contributed by atoms with E-state index in [1.807, 2.05) is 48.5 Å². The van der Waals surface area contributed by atoms with Crippen molar-refractivity contribution in [2.75, 3.05) is 18.0 Å². The van der Waals surface area contributed by atoms with E-state index in [9.17, 15) is 9.70 Å². The lowest BCUT2D eigenvalue weighted by molar-refractivity contribution is 0.215. The highest BCUT2D eigenvalue weighted by atomic mass is 16.3. The van der Waals surface area contributed by atoms with Gasteiger partial charge in [-0.2, -0.15) is 4.91 Å². The van der Waals surface area contributed by atoms with Gasteiger partial charge in [-0.25, -0.2) is 4.79 Å². The van der Waals surface area contributed by atoms with Crippen LogP contribution in [0.15, 0.2) is 53.7 Å². The number of nitrogens with two attached hydrogens (primary N) is 1. The Kier molecular flexibility index (Phi) is 3.97. The van der Waals surface area contributed by atoms with E-state index in [0.29, 0.717) is 5.69 Å². The smallest absolute Gasteiger partial charge is 0.323 e. The Hall–Kier alpha value is -2.73. The van der Waals surface area contributed by atoms with Crippen LogP contribution in [0.4, 0.5) is 16.2 Å². The van der Waals surface area contributed by atoms with Crippen molar-refractivity contribution in [3.63, 3.8) is 0 Å². The Morgan fingerprint density at radius 3 is 2.12 bits per heavy atom. The molecule has 2 aliphatic rings. The molecule has 2 amide bonds. The van der Waals surface area contributed by atoms with E-state index in [4.69, 9.17) is 5.73 Å². The molecule has 0 aliphatic carbocycles. The number of hydrogen-bond donors (Lipinski definition) is 1. The molecule has 0 spiro atoms. The number of amides is 2. The Morgan fingerprint density at radius 2 is 1.52 bits per heavy atom. The zero-order valence-corrected chi connectivity index (χ0v) is 13.8. The summed E-state index contributed by atoms with van der Waals surface area (Å²) in [6, 6.07) is 13.7. The molecule has 4 rings (SSSR count). The number of fused-ring (bicyclic) bond motifs is 2. The summed E-state index contributed by atoms with van der Waals surface area (Å²) in [7, 11) is 0. The first-order valence-corrected chi connectivity index (χ1v) is 8.56. The third kappa shape index (κ3) is 2.49. The van der Waals surface area contributed by atoms with Gasteiger partial charge in [0.2, 0.25) is 0 Å². The Balaban J connectivity index is 2.01. The van der Waals surface area contributed by atoms with Crippen LogP contribution in [0.3, 0.4) is 0 Å². The number of likely N-dealkylation sites (tertiary alicyclic amines) is 1. The fourth-order valence-electron chi connectivity index (χ4n) is 4.12. The SMILES string of the molecule is NC(=O)N1c2ccccc2C(N=O)C(N2CCCC2)c2ccccc21. The number of nitroso groups, excluding NO2 is 1. The van der Waals surface area contributed by atoms with Gasteiger partial charge in [-0.05, 0) is 43.6 Å². The van der Waals surface area contributed by atoms with Crippen LogP contribution in [-0.4, -0.2) is 24.0 Å². The van der Waals surface area contributed by atoms with Crippen molar-refractivity contribution in [2.24, 2.45) is 10.9 Å². The highest BCUT2D eigenvalue weighted by Crippen LogP contribution is 2.49. The van der Waals surface area contributed by atoms with Gasteiger partial charge in [0.05, 0.1) is 17.4 Å². The minimum absolute atomic E-state index is 0.193. The normalized spacial score (nSPS) is 22.8. The number of carbonyl (C=O) groups is 1. The highest BCUT2D eigenvalue weighted by Gasteiger charge is 2.40. The van der Waals surface area contributed by atoms with Crippen LogP contribution in [0.1, 0.15) is 36.1 Å². The maximum Gasteiger partial charge on any atom is 0.323 e. The summed E-state index contributed by atoms with van der Waals surface area (Å²) in [4.78, 5) is 28.0. The van der Waals surface area contributed by atoms with Crippen molar-refractivity contribution in [3.8, 4) is 0 Å². The van der Waals surface area contributed by atoms with Gasteiger partial charge in [0.15, 0.2) is 0 Å². The maximum absolute atomic E-state index is 12.3. The summed E-state index contributed by atoms with van der Waals surface area (Å²) >= 11 is 0. The van der Waals surface area contributed by atoms with Crippen molar-refractivity contribution in [3.05, 3.63) is 64.6 Å². The molecule has 128 valence electrons. The second-order valence-corrected chi connectivity index (χ2v) is 6.53. The number of hydrogen-bond acceptors (Lipinski definition) is 4. The number of rotatable bonds is 2. The van der Waals surface area contributed by atoms with Crippen LogP contribution >= 0.6 is 0 Å². The van der Waals surface area contributed by atoms with Gasteiger partial charge in [0.1, 0.15) is 6.04 Å². The summed E-state index contributed by atoms with van der Waals surface area (Å²) in [5.41, 5.74) is 8.74. The number of primary amides is 1. The molecule has 0 aromatic heterocycles. The Morgan fingerprint density at radius 1 is 0.960 bits per heavy atom. The highest BCUT2D eigenvalue weighted by molar-refractivity contribution is 6.00. The summed E-state index contributed by atoms with van der Waals surface area (Å²) in [6.45, 7) is 1.84. The van der Waals surface area contributed by atoms with Crippen LogP contribution in [-0.2, 0) is 0 Å². The van der Waals surface area contributed by atoms with Gasteiger partial charge in [-0.15, -0.1) is 0 Å². The van der Waals surface area contributed by atoms with Crippen LogP contribution in [0.25, 0.3) is 0 Å². The average molecular weight is 336 g/mol. The molecule has 2 unspecified atom stereocenters. The lowest BCUT2D eigenvalue weighted by Gasteiger charge is -2.31. The molecule has 2 aromatic rings. The first-order valence-electron chi connectivity index (χ1n) is 8.56. The molecular formula is C19H20N4O2. The first-order chi connectivity index (χ1) is 12.2. The van der Waals surface area contributed by atoms with E-state index in [2.05, 4.69) is 10.1 Å². The number of nitrogens with zero attached hydrogens (tertiary/aromatic N) is 3. The molecule has 2 heterocycles. The lowest BCUT2D eigenvalue weighted by atomic mass is 9.93. The molecule has 1 saturated heterocycles. The maximum atomic E-state index is 12.3. The van der Waals surface area contributed by atoms with Crippen molar-refractivity contribution in [1.82, 2.24) is 4.90 Å². The quantitative estimate of drug-likeness (QED) is 0.846. The van der Waals surface area contributed by atoms with Crippen LogP contribution in [0.2, 0.25) is 0 Å². The molecule has 6 heteroatoms. The second-order valence-electron chi connectivity index (χ2n) is 6.53. The molecule has 2 N–H and O–H groups in total. The van der Waals surface area contributed by atoms with Crippen LogP contribution < -0.4 is 10.6 Å². The molecule has 0 bridgehead atoms. The molecule has 2 aromatic carbocycles. The Bertz CT molecular complexity index is 817. The molecule has 0 radical (unpaired) electrons. The van der Waals surface area contributed by atoms with E-state index in [0.717, 1.165) is 42.7 Å². The molecule has 25 heavy (non-hydrogen) atoms. The standard InChI is InChI=1S/C19H20N4O2/c20-19(24)23-15-9-3-1-7-13(15)17(21-25)18(22-11-5-6-12-22)14-8-2-4-10-16(14)23/h1-4,7-10,17-18H,5-6,11-12H2,(H2,20,24). The van der Waals surface area contributed by atoms with E-state index in [1.165, 1.54) is 4.90 Å². The molecule has 2 aliphatic heterocycles. The van der Waals surface area contributed by atoms with Crippen molar-refractivity contribution in [1.29, 1.82) is 0 Å². The summed E-state index contributed by atoms with van der Waals surface area (Å²) < 4.78 is 0. The number of para-hydroxylation sites is 2. The largest absolute Gasteiger partial charge is 0.351 e. The third-order valence-electron chi connectivity index (χ3n) is 5.16. The molecule has 2 atom stereocenters. The zero-order valence-electron chi connectivity index (χ0n) is 13.8. The number of urea groups is 1. The summed E-state index contributed by atoms with van der Waals surface area (Å²) in [5, 5.41) is 3.50. The second kappa shape index (κ2) is 6.29. The number of anilines is 2. The van der Waals surface area contributed by atoms with Crippen molar-refractivity contribution >= 4 is 17.4 Å². The van der Waals surface area contributed by atoms with Gasteiger partial charge >= 0.3 is 6.03 Å². The fourth-order valence-corrected chi connectivity index (χ4v) is 4.12. The molecule has 1 fully saturated rings. The average Bonchev–Trinajstić information content (AvgIpc) is 3.11. The number of carbonyl (C=O) groups excluding carboxylic acids is 1. The van der Waals surface area contributed by atoms with Gasteiger partial charge < -0.3 is 5.73 Å². The van der Waals surface area contributed by atoms with Crippen LogP contribution in [0.5, 0.6) is 0 Å². The van der Waals surface area contributed by atoms with Gasteiger partial charge in [0.25, 0.3) is 0 Å². The fraction of sp³-hybridized carbons (Fsp3) is 0.316. The van der Waals surface area contributed by atoms with E-state index in [-0.39, 0.29) is 6.04 Å². The molecule has 0 saturated carbocycles. The van der Waals surface area contributed by atoms with Gasteiger partial charge in [0, 0.05) is 5.56 Å². The van der Waals surface area contributed by atoms with E-state index >= 15 is 0 Å². The minimum atomic E-state index is -0.584. The Labute approximate surface area is 146 Å². The first kappa shape index (κ1) is 15.8. The van der Waals surface area contributed by atoms with E-state index in [1.54, 1.807) is 0 Å². The predicted molar refractivity (Wildman–Crippen MR) is 96.7 cm³/mol. The lowest BCUT2D eigenvalue weighted by Crippen LogP contribution is -2.32. The third-order valence-corrected chi connectivity index (χ3v) is 5.16. The number of benzene rings is 2. The summed E-state index contributed by atoms with van der Waals surface area (Å²) in [6.07, 6.45) is 2.21. The molecular weight excluding hydrogens is 316 g/mol. The monoisotopic (exact) mass is 336 g/mol. The summed E-state index contributed by atoms with van der Waals surface area (Å²) in [5.74, 6) is 0. The van der Waals surface area contributed by atoms with E-state index < -0.39 is 12.1 Å². The van der Waals surface area contributed by atoms with Crippen LogP contribution in [0, 0.1) is 4.91 Å². The topological polar surface area (TPSA) is 79.0 Å². The van der Waals surface area contributed by atoms with Gasteiger partial charge in [-0.3, -0.25) is 9.80 Å². The van der Waals surface area contributed by atoms with Crippen molar-refractivity contribution in [2.45, 2.75) is 24.9 Å². The predicted octanol–water partition coefficient (Wildman–Crippen LogP) is 3.86. The zero-order chi connectivity index (χ0) is 17.4.